The minimum absolute atomic E-state index is 0.485. The molecule has 0 saturated carbocycles. The van der Waals surface area contributed by atoms with Gasteiger partial charge in [0.2, 0.25) is 0 Å². The summed E-state index contributed by atoms with van der Waals surface area (Å²) in [5, 5.41) is 0. The minimum atomic E-state index is 0.485. The Morgan fingerprint density at radius 1 is 0.895 bits per heavy atom. The summed E-state index contributed by atoms with van der Waals surface area (Å²) in [6.45, 7) is 7.19. The number of benzene rings is 2. The Labute approximate surface area is 116 Å². The van der Waals surface area contributed by atoms with Gasteiger partial charge in [-0.1, -0.05) is 63.2 Å². The van der Waals surface area contributed by atoms with E-state index in [4.69, 9.17) is 4.74 Å². The maximum Gasteiger partial charge on any atom is 0.123 e. The smallest absolute Gasteiger partial charge is 0.123 e. The fraction of sp³-hybridized carbons (Fsp3) is 0.333. The molecule has 0 unspecified atom stereocenters. The summed E-state index contributed by atoms with van der Waals surface area (Å²) in [6, 6.07) is 16.9. The fourth-order valence-corrected chi connectivity index (χ4v) is 2.12. The topological polar surface area (TPSA) is 9.23 Å². The average molecular weight is 254 g/mol. The van der Waals surface area contributed by atoms with E-state index in [1.54, 1.807) is 0 Å². The molecule has 19 heavy (non-hydrogen) atoms. The molecule has 0 radical (unpaired) electrons. The summed E-state index contributed by atoms with van der Waals surface area (Å²) in [4.78, 5) is 0. The Hall–Kier alpha value is -1.76. The quantitative estimate of drug-likeness (QED) is 0.733. The molecule has 0 saturated heterocycles. The highest BCUT2D eigenvalue weighted by Gasteiger charge is 2.06. The largest absolute Gasteiger partial charge is 0.489 e. The second-order valence-electron chi connectivity index (χ2n) is 5.15. The number of aryl methyl sites for hydroxylation is 1. The molecule has 0 aromatic heterocycles. The van der Waals surface area contributed by atoms with Crippen molar-refractivity contribution in [2.24, 2.45) is 0 Å². The molecule has 2 rings (SSSR count). The standard InChI is InChI=1S/C18H22O/c1-4-15-9-11-16(12-10-15)13-19-18-8-6-5-7-17(18)14(2)3/h5-12,14H,4,13H2,1-3H3. The van der Waals surface area contributed by atoms with Crippen molar-refractivity contribution in [1.29, 1.82) is 0 Å². The maximum atomic E-state index is 5.96. The number of hydrogen-bond acceptors (Lipinski definition) is 1. The molecule has 100 valence electrons. The predicted molar refractivity (Wildman–Crippen MR) is 80.7 cm³/mol. The Bertz CT molecular complexity index is 511. The summed E-state index contributed by atoms with van der Waals surface area (Å²) in [5.41, 5.74) is 3.86. The Kier molecular flexibility index (Phi) is 4.62. The Morgan fingerprint density at radius 2 is 1.53 bits per heavy atom. The van der Waals surface area contributed by atoms with Crippen molar-refractivity contribution < 1.29 is 4.74 Å². The van der Waals surface area contributed by atoms with Crippen LogP contribution in [0.25, 0.3) is 0 Å². The van der Waals surface area contributed by atoms with E-state index in [2.05, 4.69) is 63.2 Å². The van der Waals surface area contributed by atoms with Gasteiger partial charge in [-0.3, -0.25) is 0 Å². The van der Waals surface area contributed by atoms with Gasteiger partial charge in [0.15, 0.2) is 0 Å². The molecule has 0 heterocycles. The first-order valence-corrected chi connectivity index (χ1v) is 7.00. The van der Waals surface area contributed by atoms with Gasteiger partial charge >= 0.3 is 0 Å². The van der Waals surface area contributed by atoms with Crippen molar-refractivity contribution in [3.05, 3.63) is 65.2 Å². The van der Waals surface area contributed by atoms with E-state index in [-0.39, 0.29) is 0 Å². The second-order valence-corrected chi connectivity index (χ2v) is 5.15. The number of hydrogen-bond donors (Lipinski definition) is 0. The summed E-state index contributed by atoms with van der Waals surface area (Å²) >= 11 is 0. The van der Waals surface area contributed by atoms with Gasteiger partial charge in [-0.25, -0.2) is 0 Å². The molecule has 0 spiro atoms. The molecular weight excluding hydrogens is 232 g/mol. The third-order valence-corrected chi connectivity index (χ3v) is 3.37. The molecule has 2 aromatic rings. The van der Waals surface area contributed by atoms with Crippen molar-refractivity contribution in [3.63, 3.8) is 0 Å². The van der Waals surface area contributed by atoms with Gasteiger partial charge in [0, 0.05) is 0 Å². The maximum absolute atomic E-state index is 5.96. The van der Waals surface area contributed by atoms with E-state index < -0.39 is 0 Å². The molecule has 0 amide bonds. The van der Waals surface area contributed by atoms with Crippen molar-refractivity contribution >= 4 is 0 Å². The minimum Gasteiger partial charge on any atom is -0.489 e. The lowest BCUT2D eigenvalue weighted by molar-refractivity contribution is 0.302. The summed E-state index contributed by atoms with van der Waals surface area (Å²) in [6.07, 6.45) is 1.08. The number of para-hydroxylation sites is 1. The molecule has 0 N–H and O–H groups in total. The van der Waals surface area contributed by atoms with E-state index in [9.17, 15) is 0 Å². The fourth-order valence-electron chi connectivity index (χ4n) is 2.12. The van der Waals surface area contributed by atoms with Crippen LogP contribution in [-0.4, -0.2) is 0 Å². The molecule has 1 heteroatoms. The highest BCUT2D eigenvalue weighted by molar-refractivity contribution is 5.35. The van der Waals surface area contributed by atoms with Crippen LogP contribution in [-0.2, 0) is 13.0 Å². The molecule has 0 bridgehead atoms. The molecule has 0 aliphatic heterocycles. The molecular formula is C18H22O. The molecule has 0 aliphatic rings. The molecule has 2 aromatic carbocycles. The second kappa shape index (κ2) is 6.42. The molecule has 0 aliphatic carbocycles. The Morgan fingerprint density at radius 3 is 2.16 bits per heavy atom. The van der Waals surface area contributed by atoms with Crippen LogP contribution >= 0.6 is 0 Å². The lowest BCUT2D eigenvalue weighted by Gasteiger charge is -2.14. The van der Waals surface area contributed by atoms with Crippen LogP contribution in [0, 0.1) is 0 Å². The van der Waals surface area contributed by atoms with Gasteiger partial charge in [-0.2, -0.15) is 0 Å². The summed E-state index contributed by atoms with van der Waals surface area (Å²) in [7, 11) is 0. The van der Waals surface area contributed by atoms with Gasteiger partial charge in [-0.15, -0.1) is 0 Å². The third-order valence-electron chi connectivity index (χ3n) is 3.37. The summed E-state index contributed by atoms with van der Waals surface area (Å²) in [5.74, 6) is 1.48. The third kappa shape index (κ3) is 3.60. The normalized spacial score (nSPS) is 10.7. The van der Waals surface area contributed by atoms with E-state index in [0.29, 0.717) is 12.5 Å². The number of rotatable bonds is 5. The van der Waals surface area contributed by atoms with Crippen LogP contribution in [0.4, 0.5) is 0 Å². The monoisotopic (exact) mass is 254 g/mol. The zero-order chi connectivity index (χ0) is 13.7. The number of ether oxygens (including phenoxy) is 1. The van der Waals surface area contributed by atoms with Crippen molar-refractivity contribution in [2.75, 3.05) is 0 Å². The van der Waals surface area contributed by atoms with Crippen molar-refractivity contribution in [1.82, 2.24) is 0 Å². The van der Waals surface area contributed by atoms with Crippen LogP contribution in [0.15, 0.2) is 48.5 Å². The first-order valence-electron chi connectivity index (χ1n) is 7.00. The molecule has 1 nitrogen and oxygen atoms in total. The zero-order valence-electron chi connectivity index (χ0n) is 12.0. The van der Waals surface area contributed by atoms with Gasteiger partial charge < -0.3 is 4.74 Å². The summed E-state index contributed by atoms with van der Waals surface area (Å²) < 4.78 is 5.96. The SMILES string of the molecule is CCc1ccc(COc2ccccc2C(C)C)cc1. The van der Waals surface area contributed by atoms with E-state index in [0.717, 1.165) is 12.2 Å². The van der Waals surface area contributed by atoms with Crippen LogP contribution in [0.3, 0.4) is 0 Å². The lowest BCUT2D eigenvalue weighted by atomic mass is 10.0. The van der Waals surface area contributed by atoms with Gasteiger partial charge in [-0.05, 0) is 35.1 Å². The highest BCUT2D eigenvalue weighted by atomic mass is 16.5. The zero-order valence-corrected chi connectivity index (χ0v) is 12.0. The Balaban J connectivity index is 2.05. The van der Waals surface area contributed by atoms with Crippen molar-refractivity contribution in [3.8, 4) is 5.75 Å². The van der Waals surface area contributed by atoms with Crippen LogP contribution in [0.1, 0.15) is 43.4 Å². The van der Waals surface area contributed by atoms with Crippen molar-refractivity contribution in [2.45, 2.75) is 39.7 Å². The van der Waals surface area contributed by atoms with Crippen LogP contribution < -0.4 is 4.74 Å². The van der Waals surface area contributed by atoms with E-state index >= 15 is 0 Å². The lowest BCUT2D eigenvalue weighted by Crippen LogP contribution is -1.99. The van der Waals surface area contributed by atoms with Crippen LogP contribution in [0.5, 0.6) is 5.75 Å². The average Bonchev–Trinajstić information content (AvgIpc) is 2.46. The van der Waals surface area contributed by atoms with Gasteiger partial charge in [0.05, 0.1) is 0 Å². The van der Waals surface area contributed by atoms with Gasteiger partial charge in [0.1, 0.15) is 12.4 Å². The first kappa shape index (κ1) is 13.7. The molecule has 0 atom stereocenters. The predicted octanol–water partition coefficient (Wildman–Crippen LogP) is 4.95. The highest BCUT2D eigenvalue weighted by Crippen LogP contribution is 2.26. The van der Waals surface area contributed by atoms with E-state index in [1.165, 1.54) is 16.7 Å². The van der Waals surface area contributed by atoms with Crippen LogP contribution in [0.2, 0.25) is 0 Å². The molecule has 0 fully saturated rings. The first-order chi connectivity index (χ1) is 9.20. The van der Waals surface area contributed by atoms with Gasteiger partial charge in [0.25, 0.3) is 0 Å². The van der Waals surface area contributed by atoms with E-state index in [1.807, 2.05) is 6.07 Å².